The summed E-state index contributed by atoms with van der Waals surface area (Å²) in [5.74, 6) is -0.858. The lowest BCUT2D eigenvalue weighted by atomic mass is 10.1. The summed E-state index contributed by atoms with van der Waals surface area (Å²) < 4.78 is 4.61. The smallest absolute Gasteiger partial charge is 0.343 e. The molecule has 1 aromatic rings. The number of methoxy groups -OCH3 is 1. The molecule has 0 radical (unpaired) electrons. The average molecular weight is 281 g/mol. The second kappa shape index (κ2) is 5.84. The number of carbonyl (C=O) groups is 2. The molecule has 1 fully saturated rings. The number of aromatic nitrogens is 1. The number of nitrogens with zero attached hydrogens (tertiary/aromatic N) is 1. The van der Waals surface area contributed by atoms with Gasteiger partial charge in [-0.15, -0.1) is 0 Å². The molecule has 2 rings (SSSR count). The number of Topliss-reactive ketones (excluding diaryl/α,β-unsaturated/α-hetero) is 1. The zero-order valence-corrected chi connectivity index (χ0v) is 11.1. The molecule has 0 spiro atoms. The first-order valence-corrected chi connectivity index (χ1v) is 6.20. The monoisotopic (exact) mass is 280 g/mol. The molecule has 1 aromatic heterocycles. The molecule has 1 aliphatic rings. The number of carbonyl (C=O) groups excluding carboxylic acids is 2. The summed E-state index contributed by atoms with van der Waals surface area (Å²) in [5.41, 5.74) is 0.661. The third kappa shape index (κ3) is 3.54. The van der Waals surface area contributed by atoms with Crippen molar-refractivity contribution in [2.75, 3.05) is 12.4 Å². The number of anilines is 1. The van der Waals surface area contributed by atoms with E-state index in [2.05, 4.69) is 15.0 Å². The van der Waals surface area contributed by atoms with Crippen molar-refractivity contribution in [3.63, 3.8) is 0 Å². The molecule has 5 nitrogen and oxygen atoms in total. The zero-order chi connectivity index (χ0) is 13.8. The predicted octanol–water partition coefficient (Wildman–Crippen LogP) is 2.18. The van der Waals surface area contributed by atoms with Crippen LogP contribution in [0, 0.1) is 5.92 Å². The van der Waals surface area contributed by atoms with Crippen LogP contribution in [0.4, 0.5) is 5.69 Å². The van der Waals surface area contributed by atoms with E-state index in [9.17, 15) is 9.59 Å². The minimum atomic E-state index is -0.633. The summed E-state index contributed by atoms with van der Waals surface area (Å²) in [4.78, 5) is 27.4. The Balaban J connectivity index is 2.13. The number of ketones is 1. The fourth-order valence-corrected chi connectivity index (χ4v) is 1.63. The summed E-state index contributed by atoms with van der Waals surface area (Å²) in [7, 11) is 1.25. The van der Waals surface area contributed by atoms with Gasteiger partial charge in [0.25, 0.3) is 0 Å². The van der Waals surface area contributed by atoms with Gasteiger partial charge in [0.2, 0.25) is 0 Å². The maximum atomic E-state index is 11.9. The van der Waals surface area contributed by atoms with Gasteiger partial charge in [0.05, 0.1) is 19.0 Å². The number of halogens is 1. The van der Waals surface area contributed by atoms with Gasteiger partial charge in [-0.1, -0.05) is 11.6 Å². The van der Waals surface area contributed by atoms with Crippen molar-refractivity contribution in [3.8, 4) is 0 Å². The third-order valence-electron chi connectivity index (χ3n) is 2.73. The maximum Gasteiger partial charge on any atom is 0.343 e. The second-order valence-electron chi connectivity index (χ2n) is 4.20. The predicted molar refractivity (Wildman–Crippen MR) is 70.7 cm³/mol. The summed E-state index contributed by atoms with van der Waals surface area (Å²) in [6.45, 7) is 0. The molecule has 0 atom stereocenters. The van der Waals surface area contributed by atoms with Gasteiger partial charge in [-0.05, 0) is 25.0 Å². The number of esters is 1. The molecular weight excluding hydrogens is 268 g/mol. The van der Waals surface area contributed by atoms with Crippen LogP contribution in [0.25, 0.3) is 0 Å². The van der Waals surface area contributed by atoms with Crippen LogP contribution in [0.1, 0.15) is 12.8 Å². The van der Waals surface area contributed by atoms with Gasteiger partial charge in [0.15, 0.2) is 5.78 Å². The van der Waals surface area contributed by atoms with E-state index < -0.39 is 5.97 Å². The van der Waals surface area contributed by atoms with Crippen molar-refractivity contribution in [1.29, 1.82) is 0 Å². The van der Waals surface area contributed by atoms with Crippen molar-refractivity contribution in [1.82, 2.24) is 4.98 Å². The molecule has 0 aliphatic heterocycles. The van der Waals surface area contributed by atoms with Crippen LogP contribution in [-0.4, -0.2) is 23.8 Å². The summed E-state index contributed by atoms with van der Waals surface area (Å²) in [6, 6.07) is 3.31. The molecule has 0 aromatic carbocycles. The van der Waals surface area contributed by atoms with Gasteiger partial charge < -0.3 is 10.1 Å². The van der Waals surface area contributed by atoms with Gasteiger partial charge in [-0.25, -0.2) is 9.78 Å². The van der Waals surface area contributed by atoms with E-state index in [0.717, 1.165) is 12.8 Å². The average Bonchev–Trinajstić information content (AvgIpc) is 3.24. The van der Waals surface area contributed by atoms with Crippen LogP contribution in [-0.2, 0) is 14.3 Å². The Labute approximate surface area is 115 Å². The molecule has 0 unspecified atom stereocenters. The molecule has 0 saturated heterocycles. The Morgan fingerprint density at radius 2 is 2.21 bits per heavy atom. The molecule has 0 bridgehead atoms. The highest BCUT2D eigenvalue weighted by Crippen LogP contribution is 2.32. The van der Waals surface area contributed by atoms with Crippen molar-refractivity contribution in [2.24, 2.45) is 5.92 Å². The fraction of sp³-hybridized carbons (Fsp3) is 0.308. The van der Waals surface area contributed by atoms with Crippen LogP contribution in [0.3, 0.4) is 0 Å². The van der Waals surface area contributed by atoms with Crippen molar-refractivity contribution in [2.45, 2.75) is 12.8 Å². The minimum absolute atomic E-state index is 0.0277. The highest BCUT2D eigenvalue weighted by Gasteiger charge is 2.34. The van der Waals surface area contributed by atoms with Crippen LogP contribution in [0.5, 0.6) is 0 Å². The highest BCUT2D eigenvalue weighted by molar-refractivity contribution is 6.29. The Morgan fingerprint density at radius 1 is 1.47 bits per heavy atom. The third-order valence-corrected chi connectivity index (χ3v) is 2.95. The lowest BCUT2D eigenvalue weighted by molar-refractivity contribution is -0.138. The molecule has 6 heteroatoms. The maximum absolute atomic E-state index is 11.9. The fourth-order valence-electron chi connectivity index (χ4n) is 1.52. The Kier molecular flexibility index (Phi) is 4.16. The molecule has 1 aliphatic carbocycles. The van der Waals surface area contributed by atoms with E-state index in [1.54, 1.807) is 12.1 Å². The molecular formula is C13H13ClN2O3. The van der Waals surface area contributed by atoms with Crippen LogP contribution < -0.4 is 5.32 Å². The van der Waals surface area contributed by atoms with E-state index in [0.29, 0.717) is 10.8 Å². The zero-order valence-electron chi connectivity index (χ0n) is 10.4. The lowest BCUT2D eigenvalue weighted by Gasteiger charge is -2.05. The van der Waals surface area contributed by atoms with Crippen LogP contribution in [0.15, 0.2) is 30.1 Å². The van der Waals surface area contributed by atoms with Gasteiger partial charge in [-0.3, -0.25) is 4.79 Å². The Bertz CT molecular complexity index is 521. The van der Waals surface area contributed by atoms with E-state index in [1.807, 2.05) is 0 Å². The first-order chi connectivity index (χ1) is 9.11. The van der Waals surface area contributed by atoms with Crippen molar-refractivity contribution in [3.05, 3.63) is 35.3 Å². The van der Waals surface area contributed by atoms with E-state index in [4.69, 9.17) is 11.6 Å². The standard InChI is InChI=1S/C13H13ClN2O3/c1-19-13(18)10(12(17)8-2-3-8)7-15-9-4-5-11(14)16-6-9/h4-8,15H,2-3H2,1H3. The van der Waals surface area contributed by atoms with E-state index in [1.165, 1.54) is 19.5 Å². The van der Waals surface area contributed by atoms with Gasteiger partial charge in [-0.2, -0.15) is 0 Å². The van der Waals surface area contributed by atoms with Crippen molar-refractivity contribution < 1.29 is 14.3 Å². The second-order valence-corrected chi connectivity index (χ2v) is 4.59. The number of ether oxygens (including phenoxy) is 1. The Morgan fingerprint density at radius 3 is 2.74 bits per heavy atom. The van der Waals surface area contributed by atoms with Gasteiger partial charge in [0.1, 0.15) is 10.7 Å². The number of nitrogens with one attached hydrogen (secondary N) is 1. The number of rotatable bonds is 5. The number of pyridine rings is 1. The Hall–Kier alpha value is -1.88. The first kappa shape index (κ1) is 13.5. The lowest BCUT2D eigenvalue weighted by Crippen LogP contribution is -2.17. The summed E-state index contributed by atoms with van der Waals surface area (Å²) in [5, 5.41) is 3.22. The topological polar surface area (TPSA) is 68.3 Å². The number of hydrogen-bond donors (Lipinski definition) is 1. The normalized spacial score (nSPS) is 14.9. The van der Waals surface area contributed by atoms with Gasteiger partial charge >= 0.3 is 5.97 Å². The molecule has 0 amide bonds. The molecule has 1 N–H and O–H groups in total. The SMILES string of the molecule is COC(=O)C(=CNc1ccc(Cl)nc1)C(=O)C1CC1. The first-order valence-electron chi connectivity index (χ1n) is 5.82. The molecule has 1 saturated carbocycles. The summed E-state index contributed by atoms with van der Waals surface area (Å²) in [6.07, 6.45) is 4.53. The quantitative estimate of drug-likeness (QED) is 0.294. The van der Waals surface area contributed by atoms with Crippen LogP contribution >= 0.6 is 11.6 Å². The largest absolute Gasteiger partial charge is 0.465 e. The molecule has 1 heterocycles. The van der Waals surface area contributed by atoms with Crippen LogP contribution in [0.2, 0.25) is 5.15 Å². The molecule has 100 valence electrons. The van der Waals surface area contributed by atoms with E-state index >= 15 is 0 Å². The van der Waals surface area contributed by atoms with Gasteiger partial charge in [0, 0.05) is 12.1 Å². The van der Waals surface area contributed by atoms with Crippen molar-refractivity contribution >= 4 is 29.0 Å². The highest BCUT2D eigenvalue weighted by atomic mass is 35.5. The minimum Gasteiger partial charge on any atom is -0.465 e. The summed E-state index contributed by atoms with van der Waals surface area (Å²) >= 11 is 5.67. The number of hydrogen-bond acceptors (Lipinski definition) is 5. The molecule has 19 heavy (non-hydrogen) atoms. The van der Waals surface area contributed by atoms with E-state index in [-0.39, 0.29) is 17.3 Å².